The van der Waals surface area contributed by atoms with Crippen LogP contribution in [0.15, 0.2) is 11.8 Å². The van der Waals surface area contributed by atoms with E-state index in [2.05, 4.69) is 4.18 Å². The lowest BCUT2D eigenvalue weighted by Crippen LogP contribution is -2.33. The fraction of sp³-hybridized carbons (Fsp3) is 0.667. The van der Waals surface area contributed by atoms with E-state index >= 15 is 0 Å². The highest BCUT2D eigenvalue weighted by Gasteiger charge is 2.45. The van der Waals surface area contributed by atoms with Gasteiger partial charge in [0.1, 0.15) is 6.10 Å². The van der Waals surface area contributed by atoms with E-state index in [9.17, 15) is 13.2 Å². The molecule has 2 aliphatic rings. The third-order valence-corrected chi connectivity index (χ3v) is 2.76. The largest absolute Gasteiger partial charge is 0.448 e. The Morgan fingerprint density at radius 1 is 1.50 bits per heavy atom. The minimum Gasteiger partial charge on any atom is -0.448 e. The number of carbonyl (C=O) groups is 1. The Labute approximate surface area is 103 Å². The molecule has 2 atom stereocenters. The highest BCUT2D eigenvalue weighted by Crippen LogP contribution is 2.31. The van der Waals surface area contributed by atoms with Crippen molar-refractivity contribution in [2.24, 2.45) is 0 Å². The third kappa shape index (κ3) is 2.99. The quantitative estimate of drug-likeness (QED) is 0.557. The van der Waals surface area contributed by atoms with Crippen molar-refractivity contribution in [3.63, 3.8) is 0 Å². The van der Waals surface area contributed by atoms with Crippen molar-refractivity contribution in [2.75, 3.05) is 6.61 Å². The smallest absolute Gasteiger partial charge is 0.446 e. The summed E-state index contributed by atoms with van der Waals surface area (Å²) in [4.78, 5) is 11.1. The topological polar surface area (TPSA) is 108 Å². The Morgan fingerprint density at radius 3 is 2.67 bits per heavy atom. The van der Waals surface area contributed by atoms with Crippen molar-refractivity contribution < 1.29 is 36.2 Å². The average Bonchev–Trinajstić information content (AvgIpc) is 2.67. The molecule has 1 saturated heterocycles. The van der Waals surface area contributed by atoms with Gasteiger partial charge in [0, 0.05) is 0 Å². The summed E-state index contributed by atoms with van der Waals surface area (Å²) in [6.45, 7) is 3.44. The first-order valence-corrected chi connectivity index (χ1v) is 6.44. The molecule has 0 saturated carbocycles. The zero-order valence-corrected chi connectivity index (χ0v) is 10.5. The second-order valence-corrected chi connectivity index (χ2v) is 5.30. The lowest BCUT2D eigenvalue weighted by molar-refractivity contribution is -0.161. The van der Waals surface area contributed by atoms with Gasteiger partial charge in [-0.05, 0) is 13.8 Å². The summed E-state index contributed by atoms with van der Waals surface area (Å²) in [5.74, 6) is -1.95. The number of hydrogen-bond donors (Lipinski definition) is 1. The van der Waals surface area contributed by atoms with Crippen molar-refractivity contribution in [1.82, 2.24) is 0 Å². The number of carbonyl (C=O) groups excluding carboxylic acids is 1. The standard InChI is InChI=1S/C9H12O8S/c1-9(2)14-4-6(16-9)8-5(3-7(10)15-8)17-18(11,12)13/h3,6,8H,4H2,1-2H3,(H,11,12,13)/t6-,8-/m1/s1. The molecule has 0 bridgehead atoms. The van der Waals surface area contributed by atoms with Gasteiger partial charge >= 0.3 is 16.4 Å². The molecule has 0 unspecified atom stereocenters. The molecule has 0 aromatic carbocycles. The molecule has 8 nitrogen and oxygen atoms in total. The molecule has 0 aromatic heterocycles. The van der Waals surface area contributed by atoms with E-state index in [0.717, 1.165) is 6.08 Å². The van der Waals surface area contributed by atoms with Gasteiger partial charge in [-0.15, -0.1) is 0 Å². The highest BCUT2D eigenvalue weighted by atomic mass is 32.3. The van der Waals surface area contributed by atoms with Crippen LogP contribution in [0.5, 0.6) is 0 Å². The van der Waals surface area contributed by atoms with Gasteiger partial charge < -0.3 is 18.4 Å². The number of esters is 1. The lowest BCUT2D eigenvalue weighted by atomic mass is 10.2. The van der Waals surface area contributed by atoms with Gasteiger partial charge in [-0.2, -0.15) is 8.42 Å². The second-order valence-electron chi connectivity index (χ2n) is 4.28. The van der Waals surface area contributed by atoms with Crippen molar-refractivity contribution >= 4 is 16.4 Å². The summed E-state index contributed by atoms with van der Waals surface area (Å²) in [5, 5.41) is 0. The van der Waals surface area contributed by atoms with E-state index in [1.54, 1.807) is 13.8 Å². The molecule has 1 fully saturated rings. The maximum Gasteiger partial charge on any atom is 0.446 e. The molecule has 0 amide bonds. The van der Waals surface area contributed by atoms with E-state index in [-0.39, 0.29) is 12.4 Å². The fourth-order valence-electron chi connectivity index (χ4n) is 1.73. The van der Waals surface area contributed by atoms with Crippen LogP contribution in [-0.2, 0) is 33.6 Å². The summed E-state index contributed by atoms with van der Waals surface area (Å²) >= 11 is 0. The van der Waals surface area contributed by atoms with Gasteiger partial charge in [-0.1, -0.05) is 0 Å². The SMILES string of the molecule is CC1(C)OC[C@H]([C@@H]2OC(=O)C=C2OS(=O)(=O)O)O1. The van der Waals surface area contributed by atoms with Crippen LogP contribution < -0.4 is 0 Å². The van der Waals surface area contributed by atoms with Crippen LogP contribution >= 0.6 is 0 Å². The molecule has 102 valence electrons. The Kier molecular flexibility index (Phi) is 3.09. The molecule has 0 radical (unpaired) electrons. The number of cyclic esters (lactones) is 1. The van der Waals surface area contributed by atoms with E-state index in [1.807, 2.05) is 0 Å². The number of rotatable bonds is 3. The third-order valence-electron chi connectivity index (χ3n) is 2.35. The Morgan fingerprint density at radius 2 is 2.17 bits per heavy atom. The summed E-state index contributed by atoms with van der Waals surface area (Å²) in [6, 6.07) is 0. The number of ether oxygens (including phenoxy) is 3. The van der Waals surface area contributed by atoms with Crippen LogP contribution in [0.1, 0.15) is 13.8 Å². The first kappa shape index (κ1) is 13.3. The van der Waals surface area contributed by atoms with Crippen molar-refractivity contribution in [3.8, 4) is 0 Å². The van der Waals surface area contributed by atoms with Crippen molar-refractivity contribution in [2.45, 2.75) is 31.8 Å². The molecule has 0 spiro atoms. The van der Waals surface area contributed by atoms with Crippen LogP contribution in [0.25, 0.3) is 0 Å². The van der Waals surface area contributed by atoms with Crippen molar-refractivity contribution in [3.05, 3.63) is 11.8 Å². The molecule has 18 heavy (non-hydrogen) atoms. The Bertz CT molecular complexity index is 491. The van der Waals surface area contributed by atoms with Crippen LogP contribution in [0, 0.1) is 0 Å². The van der Waals surface area contributed by atoms with Crippen LogP contribution in [0.4, 0.5) is 0 Å². The van der Waals surface area contributed by atoms with Gasteiger partial charge in [0.25, 0.3) is 0 Å². The van der Waals surface area contributed by atoms with Crippen molar-refractivity contribution in [1.29, 1.82) is 0 Å². The first-order valence-electron chi connectivity index (χ1n) is 5.07. The average molecular weight is 280 g/mol. The second kappa shape index (κ2) is 4.19. The summed E-state index contributed by atoms with van der Waals surface area (Å²) in [7, 11) is -4.72. The van der Waals surface area contributed by atoms with Gasteiger partial charge in [-0.3, -0.25) is 4.55 Å². The minimum atomic E-state index is -4.72. The summed E-state index contributed by atoms with van der Waals surface area (Å²) < 4.78 is 49.7. The monoisotopic (exact) mass is 280 g/mol. The van der Waals surface area contributed by atoms with E-state index < -0.39 is 34.4 Å². The van der Waals surface area contributed by atoms with E-state index in [4.69, 9.17) is 18.8 Å². The fourth-order valence-corrected chi connectivity index (χ4v) is 2.12. The summed E-state index contributed by atoms with van der Waals surface area (Å²) in [6.07, 6.45) is -0.909. The van der Waals surface area contributed by atoms with Crippen LogP contribution in [0.3, 0.4) is 0 Å². The Hall–Kier alpha value is -1.16. The highest BCUT2D eigenvalue weighted by molar-refractivity contribution is 7.81. The number of hydrogen-bond acceptors (Lipinski definition) is 7. The molecular formula is C9H12O8S. The molecule has 0 aromatic rings. The lowest BCUT2D eigenvalue weighted by Gasteiger charge is -2.21. The minimum absolute atomic E-state index is 0.108. The zero-order chi connectivity index (χ0) is 13.6. The van der Waals surface area contributed by atoms with Crippen LogP contribution in [-0.4, -0.2) is 43.5 Å². The normalized spacial score (nSPS) is 31.1. The van der Waals surface area contributed by atoms with Gasteiger partial charge in [0.2, 0.25) is 0 Å². The van der Waals surface area contributed by atoms with Gasteiger partial charge in [0.05, 0.1) is 12.7 Å². The molecule has 1 N–H and O–H groups in total. The maximum absolute atomic E-state index is 11.1. The van der Waals surface area contributed by atoms with Crippen LogP contribution in [0.2, 0.25) is 0 Å². The van der Waals surface area contributed by atoms with E-state index in [0.29, 0.717) is 0 Å². The first-order chi connectivity index (χ1) is 8.16. The molecule has 2 heterocycles. The molecule has 0 aliphatic carbocycles. The van der Waals surface area contributed by atoms with Gasteiger partial charge in [0.15, 0.2) is 17.7 Å². The molecule has 9 heteroatoms. The zero-order valence-electron chi connectivity index (χ0n) is 9.65. The Balaban J connectivity index is 2.14. The van der Waals surface area contributed by atoms with Gasteiger partial charge in [-0.25, -0.2) is 4.79 Å². The maximum atomic E-state index is 11.1. The van der Waals surface area contributed by atoms with E-state index in [1.165, 1.54) is 0 Å². The molecule has 2 aliphatic heterocycles. The predicted octanol–water partition coefficient (Wildman–Crippen LogP) is -0.233. The summed E-state index contributed by atoms with van der Waals surface area (Å²) in [5.41, 5.74) is 0. The predicted molar refractivity (Wildman–Crippen MR) is 55.5 cm³/mol. The molecule has 2 rings (SSSR count). The molecular weight excluding hydrogens is 268 g/mol.